The Bertz CT molecular complexity index is 272. The van der Waals surface area contributed by atoms with E-state index in [9.17, 15) is 0 Å². The van der Waals surface area contributed by atoms with E-state index < -0.39 is 24.2 Å². The number of carbonyl (C=O) groups is 1. The maximum absolute atomic E-state index is 9.00. The first-order valence-corrected chi connectivity index (χ1v) is 5.27. The zero-order chi connectivity index (χ0) is 12.6. The first kappa shape index (κ1) is 31.2. The first-order chi connectivity index (χ1) is 5.73. The number of rotatable bonds is 0. The second-order valence-electron chi connectivity index (χ2n) is 1.44. The van der Waals surface area contributed by atoms with E-state index in [4.69, 9.17) is 46.7 Å². The molecule has 0 aliphatic carbocycles. The molecule has 0 aromatic carbocycles. The summed E-state index contributed by atoms with van der Waals surface area (Å²) >= 11 is 0. The average Bonchev–Trinajstić information content (AvgIpc) is 1.45. The summed E-state index contributed by atoms with van der Waals surface area (Å²) in [6.45, 7) is 1.08. The summed E-state index contributed by atoms with van der Waals surface area (Å²) < 4.78 is 40.2. The Labute approximate surface area is 176 Å². The second kappa shape index (κ2) is 15.8. The van der Waals surface area contributed by atoms with Crippen LogP contribution in [0.2, 0.25) is 0 Å². The van der Waals surface area contributed by atoms with Crippen LogP contribution in [0.15, 0.2) is 0 Å². The summed E-state index contributed by atoms with van der Waals surface area (Å²) in [5, 5.41) is 7.42. The fraction of sp³-hybridized carbons (Fsp3) is 0.500. The Morgan fingerprint density at radius 3 is 1.19 bits per heavy atom. The van der Waals surface area contributed by atoms with Gasteiger partial charge in [0.05, 0.1) is 7.82 Å². The van der Waals surface area contributed by atoms with Gasteiger partial charge in [0.2, 0.25) is 0 Å². The Kier molecular flexibility index (Phi) is 30.8. The summed E-state index contributed by atoms with van der Waals surface area (Å²) in [6.07, 6.45) is 0. The van der Waals surface area contributed by atoms with Gasteiger partial charge in [-0.15, -0.1) is 0 Å². The number of hydrogen-bond acceptors (Lipinski definition) is 6. The SMILES string of the molecule is CC(=O)O.O=P([O-])([O-])O.O=S(=O)(O)O.[K+].[K+]. The summed E-state index contributed by atoms with van der Waals surface area (Å²) in [6, 6.07) is 0. The minimum absolute atomic E-state index is 0. The van der Waals surface area contributed by atoms with Crippen LogP contribution in [0.25, 0.3) is 0 Å². The van der Waals surface area contributed by atoms with Crippen LogP contribution in [-0.4, -0.2) is 33.5 Å². The number of phosphoric acid groups is 1. The van der Waals surface area contributed by atoms with Gasteiger partial charge in [-0.05, 0) is 0 Å². The van der Waals surface area contributed by atoms with E-state index in [2.05, 4.69) is 0 Å². The van der Waals surface area contributed by atoms with Crippen molar-refractivity contribution in [2.45, 2.75) is 6.92 Å². The summed E-state index contributed by atoms with van der Waals surface area (Å²) in [5.41, 5.74) is 0. The van der Waals surface area contributed by atoms with Crippen molar-refractivity contribution >= 4 is 24.2 Å². The molecule has 0 aliphatic rings. The molecule has 10 nitrogen and oxygen atoms in total. The summed E-state index contributed by atoms with van der Waals surface area (Å²) in [5.74, 6) is -0.833. The molecule has 0 saturated carbocycles. The minimum Gasteiger partial charge on any atom is -0.790 e. The summed E-state index contributed by atoms with van der Waals surface area (Å²) in [7, 11) is -9.81. The molecular weight excluding hydrogens is 325 g/mol. The summed E-state index contributed by atoms with van der Waals surface area (Å²) in [4.78, 5) is 33.3. The molecule has 88 valence electrons. The van der Waals surface area contributed by atoms with Crippen molar-refractivity contribution in [2.75, 3.05) is 0 Å². The van der Waals surface area contributed by atoms with E-state index in [1.807, 2.05) is 0 Å². The molecule has 0 spiro atoms. The molecule has 0 aliphatic heterocycles. The molecule has 0 saturated heterocycles. The molecule has 16 heavy (non-hydrogen) atoms. The van der Waals surface area contributed by atoms with Crippen LogP contribution in [0.4, 0.5) is 0 Å². The zero-order valence-electron chi connectivity index (χ0n) is 8.59. The predicted octanol–water partition coefficient (Wildman–Crippen LogP) is -8.75. The van der Waals surface area contributed by atoms with Crippen LogP contribution in [0.5, 0.6) is 0 Å². The van der Waals surface area contributed by atoms with E-state index in [1.165, 1.54) is 0 Å². The molecule has 0 unspecified atom stereocenters. The largest absolute Gasteiger partial charge is 1.00 e. The Morgan fingerprint density at radius 2 is 1.19 bits per heavy atom. The maximum Gasteiger partial charge on any atom is 1.00 e. The number of hydrogen-bond donors (Lipinski definition) is 4. The molecule has 0 bridgehead atoms. The normalized spacial score (nSPS) is 8.88. The van der Waals surface area contributed by atoms with Crippen LogP contribution in [-0.2, 0) is 19.8 Å². The zero-order valence-corrected chi connectivity index (χ0v) is 16.6. The fourth-order valence-electron chi connectivity index (χ4n) is 0. The van der Waals surface area contributed by atoms with Gasteiger partial charge in [0.1, 0.15) is 0 Å². The van der Waals surface area contributed by atoms with Gasteiger partial charge >= 0.3 is 113 Å². The molecule has 0 aromatic heterocycles. The molecule has 0 atom stereocenters. The van der Waals surface area contributed by atoms with Crippen LogP contribution >= 0.6 is 7.82 Å². The number of carboxylic acids is 1. The molecule has 0 aromatic rings. The number of aliphatic carboxylic acids is 1. The minimum atomic E-state index is -5.14. The second-order valence-corrected chi connectivity index (χ2v) is 3.27. The predicted molar refractivity (Wildman–Crippen MR) is 37.3 cm³/mol. The van der Waals surface area contributed by atoms with Crippen molar-refractivity contribution in [1.29, 1.82) is 0 Å². The molecule has 0 amide bonds. The van der Waals surface area contributed by atoms with Crippen molar-refractivity contribution in [3.05, 3.63) is 0 Å². The van der Waals surface area contributed by atoms with Crippen LogP contribution in [0, 0.1) is 0 Å². The van der Waals surface area contributed by atoms with Gasteiger partial charge in [0, 0.05) is 6.92 Å². The topological polar surface area (TPSA) is 195 Å². The van der Waals surface area contributed by atoms with Crippen LogP contribution in [0.1, 0.15) is 6.92 Å². The van der Waals surface area contributed by atoms with Crippen molar-refractivity contribution in [1.82, 2.24) is 0 Å². The van der Waals surface area contributed by atoms with Crippen molar-refractivity contribution < 1.29 is 149 Å². The molecule has 0 rings (SSSR count). The van der Waals surface area contributed by atoms with E-state index in [-0.39, 0.29) is 103 Å². The third-order valence-electron chi connectivity index (χ3n) is 0. The van der Waals surface area contributed by atoms with E-state index in [1.54, 1.807) is 0 Å². The quantitative estimate of drug-likeness (QED) is 0.188. The third kappa shape index (κ3) is 558. The Morgan fingerprint density at radius 1 is 1.19 bits per heavy atom. The molecular formula is C2H7K2O10PS. The maximum atomic E-state index is 9.00. The van der Waals surface area contributed by atoms with Crippen molar-refractivity contribution in [3.63, 3.8) is 0 Å². The van der Waals surface area contributed by atoms with E-state index >= 15 is 0 Å². The van der Waals surface area contributed by atoms with Crippen molar-refractivity contribution in [3.8, 4) is 0 Å². The molecule has 4 N–H and O–H groups in total. The Balaban J connectivity index is -0.0000000358. The van der Waals surface area contributed by atoms with Crippen LogP contribution in [0.3, 0.4) is 0 Å². The van der Waals surface area contributed by atoms with Gasteiger partial charge in [-0.25, -0.2) is 0 Å². The smallest absolute Gasteiger partial charge is 0.790 e. The van der Waals surface area contributed by atoms with E-state index in [0.29, 0.717) is 0 Å². The van der Waals surface area contributed by atoms with Gasteiger partial charge in [-0.1, -0.05) is 0 Å². The average molecular weight is 332 g/mol. The van der Waals surface area contributed by atoms with Gasteiger partial charge in [0.25, 0.3) is 5.97 Å². The van der Waals surface area contributed by atoms with E-state index in [0.717, 1.165) is 6.92 Å². The standard InChI is InChI=1S/C2H4O2.2K.H3O4P.H2O4S/c1-2(3)4;;;2*1-5(2,3)4/h1H3,(H,3,4);;;(H3,1,2,3,4);(H2,1,2,3,4)/q;2*+1;;/p-2. The molecule has 0 fully saturated rings. The van der Waals surface area contributed by atoms with Gasteiger partial charge in [-0.2, -0.15) is 8.42 Å². The van der Waals surface area contributed by atoms with Gasteiger partial charge in [-0.3, -0.25) is 13.9 Å². The number of carboxylic acid groups (broad SMARTS) is 1. The van der Waals surface area contributed by atoms with Crippen molar-refractivity contribution in [2.24, 2.45) is 0 Å². The fourth-order valence-corrected chi connectivity index (χ4v) is 0. The third-order valence-corrected chi connectivity index (χ3v) is 0. The first-order valence-electron chi connectivity index (χ1n) is 2.37. The van der Waals surface area contributed by atoms with Crippen LogP contribution < -0.4 is 113 Å². The molecule has 0 heterocycles. The molecule has 14 heteroatoms. The van der Waals surface area contributed by atoms with Gasteiger partial charge in [0.15, 0.2) is 0 Å². The molecule has 0 radical (unpaired) electrons. The Hall–Kier alpha value is 2.72. The monoisotopic (exact) mass is 332 g/mol. The van der Waals surface area contributed by atoms with Gasteiger partial charge < -0.3 is 24.4 Å².